The zero-order valence-corrected chi connectivity index (χ0v) is 12.0. The highest BCUT2D eigenvalue weighted by molar-refractivity contribution is 5.96. The van der Waals surface area contributed by atoms with Crippen LogP contribution in [0.5, 0.6) is 5.75 Å². The van der Waals surface area contributed by atoms with E-state index in [-0.39, 0.29) is 18.1 Å². The lowest BCUT2D eigenvalue weighted by Crippen LogP contribution is -2.14. The van der Waals surface area contributed by atoms with Gasteiger partial charge in [0, 0.05) is 28.9 Å². The molecule has 2 N–H and O–H groups in total. The van der Waals surface area contributed by atoms with E-state index in [4.69, 9.17) is 4.74 Å². The molecule has 0 aliphatic heterocycles. The molecular weight excluding hydrogens is 283 g/mol. The van der Waals surface area contributed by atoms with Crippen molar-refractivity contribution in [2.45, 2.75) is 6.42 Å². The molecule has 22 heavy (non-hydrogen) atoms. The molecule has 0 radical (unpaired) electrons. The van der Waals surface area contributed by atoms with Gasteiger partial charge in [-0.3, -0.25) is 4.79 Å². The summed E-state index contributed by atoms with van der Waals surface area (Å²) in [5.41, 5.74) is 2.24. The lowest BCUT2D eigenvalue weighted by atomic mass is 10.1. The first-order chi connectivity index (χ1) is 10.7. The summed E-state index contributed by atoms with van der Waals surface area (Å²) >= 11 is 0. The molecule has 1 amide bonds. The SMILES string of the molecule is COc1ccc2c(CC(=O)Nc3cccc(F)c3)c[nH]c2c1. The summed E-state index contributed by atoms with van der Waals surface area (Å²) in [6, 6.07) is 11.5. The third-order valence-electron chi connectivity index (χ3n) is 3.43. The van der Waals surface area contributed by atoms with Gasteiger partial charge in [-0.15, -0.1) is 0 Å². The van der Waals surface area contributed by atoms with Crippen LogP contribution in [0.2, 0.25) is 0 Å². The first-order valence-electron chi connectivity index (χ1n) is 6.85. The van der Waals surface area contributed by atoms with E-state index in [1.807, 2.05) is 18.2 Å². The van der Waals surface area contributed by atoms with E-state index in [0.29, 0.717) is 5.69 Å². The van der Waals surface area contributed by atoms with Gasteiger partial charge in [0.25, 0.3) is 0 Å². The van der Waals surface area contributed by atoms with E-state index >= 15 is 0 Å². The van der Waals surface area contributed by atoms with Gasteiger partial charge in [0.1, 0.15) is 11.6 Å². The van der Waals surface area contributed by atoms with E-state index in [0.717, 1.165) is 22.2 Å². The van der Waals surface area contributed by atoms with Crippen molar-refractivity contribution in [2.75, 3.05) is 12.4 Å². The molecule has 0 saturated heterocycles. The topological polar surface area (TPSA) is 54.1 Å². The van der Waals surface area contributed by atoms with Crippen LogP contribution < -0.4 is 10.1 Å². The van der Waals surface area contributed by atoms with Crippen molar-refractivity contribution in [3.05, 3.63) is 60.0 Å². The number of fused-ring (bicyclic) bond motifs is 1. The summed E-state index contributed by atoms with van der Waals surface area (Å²) in [6.07, 6.45) is 2.01. The van der Waals surface area contributed by atoms with Crippen LogP contribution in [0.15, 0.2) is 48.7 Å². The van der Waals surface area contributed by atoms with Gasteiger partial charge >= 0.3 is 0 Å². The number of aromatic nitrogens is 1. The Balaban J connectivity index is 1.76. The standard InChI is InChI=1S/C17H15FN2O2/c1-22-14-5-6-15-11(10-19-16(15)9-14)7-17(21)20-13-4-2-3-12(18)8-13/h2-6,8-10,19H,7H2,1H3,(H,20,21). The quantitative estimate of drug-likeness (QED) is 0.774. The third kappa shape index (κ3) is 2.93. The second kappa shape index (κ2) is 5.89. The smallest absolute Gasteiger partial charge is 0.228 e. The normalized spacial score (nSPS) is 10.6. The van der Waals surface area contributed by atoms with Gasteiger partial charge in [-0.2, -0.15) is 0 Å². The molecule has 112 valence electrons. The fraction of sp³-hybridized carbons (Fsp3) is 0.118. The van der Waals surface area contributed by atoms with Crippen molar-refractivity contribution in [1.29, 1.82) is 0 Å². The fourth-order valence-corrected chi connectivity index (χ4v) is 2.38. The van der Waals surface area contributed by atoms with Crippen LogP contribution in [-0.2, 0) is 11.2 Å². The maximum absolute atomic E-state index is 13.1. The number of hydrogen-bond acceptors (Lipinski definition) is 2. The minimum Gasteiger partial charge on any atom is -0.497 e. The van der Waals surface area contributed by atoms with Crippen molar-refractivity contribution >= 4 is 22.5 Å². The predicted molar refractivity (Wildman–Crippen MR) is 83.6 cm³/mol. The lowest BCUT2D eigenvalue weighted by Gasteiger charge is -2.05. The van der Waals surface area contributed by atoms with Crippen LogP contribution in [0, 0.1) is 5.82 Å². The summed E-state index contributed by atoms with van der Waals surface area (Å²) < 4.78 is 18.3. The largest absolute Gasteiger partial charge is 0.497 e. The first-order valence-corrected chi connectivity index (χ1v) is 6.85. The molecule has 1 heterocycles. The Hall–Kier alpha value is -2.82. The highest BCUT2D eigenvalue weighted by Gasteiger charge is 2.10. The number of ether oxygens (including phenoxy) is 1. The van der Waals surface area contributed by atoms with Crippen molar-refractivity contribution in [3.8, 4) is 5.75 Å². The minimum atomic E-state index is -0.378. The van der Waals surface area contributed by atoms with Crippen LogP contribution in [0.1, 0.15) is 5.56 Å². The summed E-state index contributed by atoms with van der Waals surface area (Å²) in [6.45, 7) is 0. The molecule has 0 saturated carbocycles. The number of methoxy groups -OCH3 is 1. The maximum Gasteiger partial charge on any atom is 0.228 e. The Kier molecular flexibility index (Phi) is 3.78. The molecule has 4 nitrogen and oxygen atoms in total. The van der Waals surface area contributed by atoms with Crippen molar-refractivity contribution in [3.63, 3.8) is 0 Å². The van der Waals surface area contributed by atoms with Gasteiger partial charge in [0.2, 0.25) is 5.91 Å². The van der Waals surface area contributed by atoms with Crippen LogP contribution in [0.4, 0.5) is 10.1 Å². The van der Waals surface area contributed by atoms with E-state index in [9.17, 15) is 9.18 Å². The van der Waals surface area contributed by atoms with Crippen molar-refractivity contribution < 1.29 is 13.9 Å². The lowest BCUT2D eigenvalue weighted by molar-refractivity contribution is -0.115. The van der Waals surface area contributed by atoms with Gasteiger partial charge in [0.05, 0.1) is 13.5 Å². The number of anilines is 1. The molecule has 5 heteroatoms. The van der Waals surface area contributed by atoms with Gasteiger partial charge in [-0.1, -0.05) is 6.07 Å². The van der Waals surface area contributed by atoms with E-state index in [1.165, 1.54) is 12.1 Å². The van der Waals surface area contributed by atoms with Crippen molar-refractivity contribution in [2.24, 2.45) is 0 Å². The zero-order chi connectivity index (χ0) is 15.5. The Morgan fingerprint density at radius 2 is 2.14 bits per heavy atom. The first kappa shape index (κ1) is 14.1. The highest BCUT2D eigenvalue weighted by Crippen LogP contribution is 2.23. The van der Waals surface area contributed by atoms with Gasteiger partial charge in [0.15, 0.2) is 0 Å². The van der Waals surface area contributed by atoms with Gasteiger partial charge in [-0.25, -0.2) is 4.39 Å². The molecule has 0 aliphatic carbocycles. The number of halogens is 1. The molecule has 2 aromatic carbocycles. The average molecular weight is 298 g/mol. The number of nitrogens with one attached hydrogen (secondary N) is 2. The minimum absolute atomic E-state index is 0.192. The maximum atomic E-state index is 13.1. The molecule has 0 spiro atoms. The van der Waals surface area contributed by atoms with E-state index in [2.05, 4.69) is 10.3 Å². The Morgan fingerprint density at radius 3 is 2.91 bits per heavy atom. The van der Waals surface area contributed by atoms with Crippen LogP contribution in [-0.4, -0.2) is 18.0 Å². The second-order valence-electron chi connectivity index (χ2n) is 4.96. The number of H-pyrrole nitrogens is 1. The number of aromatic amines is 1. The summed E-state index contributed by atoms with van der Waals surface area (Å²) in [4.78, 5) is 15.2. The molecule has 0 unspecified atom stereocenters. The number of carbonyl (C=O) groups excluding carboxylic acids is 1. The molecule has 0 fully saturated rings. The van der Waals surface area contributed by atoms with Crippen LogP contribution in [0.3, 0.4) is 0 Å². The van der Waals surface area contributed by atoms with Crippen molar-refractivity contribution in [1.82, 2.24) is 4.98 Å². The monoisotopic (exact) mass is 298 g/mol. The predicted octanol–water partition coefficient (Wildman–Crippen LogP) is 3.50. The number of benzene rings is 2. The fourth-order valence-electron chi connectivity index (χ4n) is 2.38. The molecule has 1 aromatic heterocycles. The summed E-state index contributed by atoms with van der Waals surface area (Å²) in [5, 5.41) is 3.66. The summed E-state index contributed by atoms with van der Waals surface area (Å²) in [5.74, 6) is 0.185. The molecule has 0 aliphatic rings. The van der Waals surface area contributed by atoms with E-state index in [1.54, 1.807) is 25.4 Å². The Bertz CT molecular complexity index is 826. The number of amides is 1. The van der Waals surface area contributed by atoms with Gasteiger partial charge < -0.3 is 15.0 Å². The second-order valence-corrected chi connectivity index (χ2v) is 4.96. The summed E-state index contributed by atoms with van der Waals surface area (Å²) in [7, 11) is 1.61. The number of rotatable bonds is 4. The van der Waals surface area contributed by atoms with Crippen LogP contribution in [0.25, 0.3) is 10.9 Å². The molecular formula is C17H15FN2O2. The number of hydrogen-bond donors (Lipinski definition) is 2. The van der Waals surface area contributed by atoms with Crippen LogP contribution >= 0.6 is 0 Å². The molecule has 3 rings (SSSR count). The van der Waals surface area contributed by atoms with Gasteiger partial charge in [-0.05, 0) is 35.9 Å². The zero-order valence-electron chi connectivity index (χ0n) is 12.0. The highest BCUT2D eigenvalue weighted by atomic mass is 19.1. The Labute approximate surface area is 126 Å². The molecule has 3 aromatic rings. The molecule has 0 atom stereocenters. The third-order valence-corrected chi connectivity index (χ3v) is 3.43. The average Bonchev–Trinajstić information content (AvgIpc) is 2.89. The number of carbonyl (C=O) groups is 1. The Morgan fingerprint density at radius 1 is 1.27 bits per heavy atom. The van der Waals surface area contributed by atoms with E-state index < -0.39 is 0 Å². The molecule has 0 bridgehead atoms.